The molecule has 2 aliphatic rings. The Morgan fingerprint density at radius 2 is 1.50 bits per heavy atom. The van der Waals surface area contributed by atoms with Crippen molar-refractivity contribution < 1.29 is 5.11 Å². The molecule has 1 N–H and O–H groups in total. The fourth-order valence-electron chi connectivity index (χ4n) is 3.87. The zero-order chi connectivity index (χ0) is 21.1. The van der Waals surface area contributed by atoms with Crippen LogP contribution < -0.4 is 9.80 Å². The maximum atomic E-state index is 9.14. The van der Waals surface area contributed by atoms with Gasteiger partial charge in [-0.05, 0) is 37.1 Å². The summed E-state index contributed by atoms with van der Waals surface area (Å²) < 4.78 is -1.74. The van der Waals surface area contributed by atoms with E-state index in [4.69, 9.17) is 39.9 Å². The van der Waals surface area contributed by atoms with Gasteiger partial charge in [-0.1, -0.05) is 34.8 Å². The summed E-state index contributed by atoms with van der Waals surface area (Å²) >= 11 is 18.4. The van der Waals surface area contributed by atoms with Crippen LogP contribution in [0.2, 0.25) is 0 Å². The molecule has 2 aromatic rings. The average Bonchev–Trinajstić information content (AvgIpc) is 3.29. The number of halogens is 3. The Bertz CT molecular complexity index is 847. The Labute approximate surface area is 191 Å². The van der Waals surface area contributed by atoms with Crippen LogP contribution in [-0.2, 0) is 3.79 Å². The highest BCUT2D eigenvalue weighted by Crippen LogP contribution is 2.37. The summed E-state index contributed by atoms with van der Waals surface area (Å²) in [6.07, 6.45) is 2.47. The fourth-order valence-corrected chi connectivity index (χ4v) is 4.13. The van der Waals surface area contributed by atoms with Crippen LogP contribution in [0, 0.1) is 0 Å². The molecule has 30 heavy (non-hydrogen) atoms. The number of hydrogen-bond donors (Lipinski definition) is 1. The van der Waals surface area contributed by atoms with Crippen molar-refractivity contribution >= 4 is 46.4 Å². The van der Waals surface area contributed by atoms with E-state index >= 15 is 0 Å². The van der Waals surface area contributed by atoms with Crippen molar-refractivity contribution in [3.8, 4) is 11.4 Å². The van der Waals surface area contributed by atoms with Crippen LogP contribution in [0.4, 0.5) is 11.6 Å². The number of rotatable bonds is 5. The molecule has 0 unspecified atom stereocenters. The number of nitrogens with zero attached hydrogens (tertiary/aromatic N) is 6. The first-order valence-corrected chi connectivity index (χ1v) is 11.3. The lowest BCUT2D eigenvalue weighted by Crippen LogP contribution is -2.48. The summed E-state index contributed by atoms with van der Waals surface area (Å²) in [7, 11) is 0. The van der Waals surface area contributed by atoms with E-state index in [0.717, 1.165) is 44.8 Å². The highest BCUT2D eigenvalue weighted by atomic mass is 35.6. The number of aromatic nitrogens is 3. The first-order valence-electron chi connectivity index (χ1n) is 10.2. The Hall–Kier alpha value is -1.38. The van der Waals surface area contributed by atoms with Crippen molar-refractivity contribution in [2.45, 2.75) is 16.6 Å². The maximum absolute atomic E-state index is 9.14. The second kappa shape index (κ2) is 9.40. The lowest BCUT2D eigenvalue weighted by atomic mass is 10.2. The third-order valence-corrected chi connectivity index (χ3v) is 6.05. The Morgan fingerprint density at radius 1 is 0.833 bits per heavy atom. The molecule has 10 heteroatoms. The molecular formula is C20H25Cl3N6O. The van der Waals surface area contributed by atoms with E-state index in [9.17, 15) is 0 Å². The number of aliphatic hydroxyl groups is 1. The van der Waals surface area contributed by atoms with Crippen molar-refractivity contribution in [3.63, 3.8) is 0 Å². The molecule has 4 rings (SSSR count). The van der Waals surface area contributed by atoms with Crippen LogP contribution in [0.3, 0.4) is 0 Å². The summed E-state index contributed by atoms with van der Waals surface area (Å²) in [4.78, 5) is 20.2. The predicted molar refractivity (Wildman–Crippen MR) is 122 cm³/mol. The van der Waals surface area contributed by atoms with Gasteiger partial charge in [0.25, 0.3) is 0 Å². The molecule has 162 valence electrons. The van der Waals surface area contributed by atoms with Crippen LogP contribution in [0.15, 0.2) is 24.3 Å². The topological polar surface area (TPSA) is 68.6 Å². The smallest absolute Gasteiger partial charge is 0.250 e. The van der Waals surface area contributed by atoms with Gasteiger partial charge in [0.1, 0.15) is 0 Å². The molecule has 1 aromatic heterocycles. The summed E-state index contributed by atoms with van der Waals surface area (Å²) in [5.41, 5.74) is 2.06. The number of β-amino-alcohol motifs (C(OH)–C–C–N with tert-alkyl or cyclic N) is 1. The summed E-state index contributed by atoms with van der Waals surface area (Å²) in [6, 6.07) is 8.20. The van der Waals surface area contributed by atoms with Gasteiger partial charge in [0, 0.05) is 57.1 Å². The number of alkyl halides is 3. The molecule has 0 bridgehead atoms. The van der Waals surface area contributed by atoms with E-state index in [2.05, 4.69) is 41.8 Å². The maximum Gasteiger partial charge on any atom is 0.250 e. The zero-order valence-corrected chi connectivity index (χ0v) is 18.9. The molecule has 2 saturated heterocycles. The largest absolute Gasteiger partial charge is 0.395 e. The molecule has 0 radical (unpaired) electrons. The molecule has 1 aromatic carbocycles. The first kappa shape index (κ1) is 21.8. The molecule has 0 atom stereocenters. The van der Waals surface area contributed by atoms with Gasteiger partial charge in [-0.2, -0.15) is 9.97 Å². The van der Waals surface area contributed by atoms with Crippen molar-refractivity contribution in [2.24, 2.45) is 0 Å². The highest BCUT2D eigenvalue weighted by Gasteiger charge is 2.30. The van der Waals surface area contributed by atoms with Crippen molar-refractivity contribution in [3.05, 3.63) is 30.1 Å². The van der Waals surface area contributed by atoms with E-state index in [-0.39, 0.29) is 12.4 Å². The fraction of sp³-hybridized carbons (Fsp3) is 0.550. The Balaban J connectivity index is 1.60. The molecule has 0 spiro atoms. The van der Waals surface area contributed by atoms with E-state index in [1.54, 1.807) is 0 Å². The minimum atomic E-state index is -1.74. The number of anilines is 2. The monoisotopic (exact) mass is 470 g/mol. The van der Waals surface area contributed by atoms with Crippen molar-refractivity contribution in [2.75, 3.05) is 62.2 Å². The third kappa shape index (κ3) is 5.08. The van der Waals surface area contributed by atoms with Gasteiger partial charge in [-0.3, -0.25) is 4.90 Å². The van der Waals surface area contributed by atoms with Gasteiger partial charge in [0.05, 0.1) is 6.61 Å². The van der Waals surface area contributed by atoms with Crippen molar-refractivity contribution in [1.82, 2.24) is 19.9 Å². The lowest BCUT2D eigenvalue weighted by Gasteiger charge is -2.34. The predicted octanol–water partition coefficient (Wildman–Crippen LogP) is 3.08. The van der Waals surface area contributed by atoms with E-state index in [0.29, 0.717) is 18.3 Å². The van der Waals surface area contributed by atoms with Gasteiger partial charge < -0.3 is 14.9 Å². The van der Waals surface area contributed by atoms with Crippen LogP contribution in [0.25, 0.3) is 11.4 Å². The first-order chi connectivity index (χ1) is 14.4. The number of aliphatic hydroxyl groups excluding tert-OH is 1. The second-order valence-corrected chi connectivity index (χ2v) is 9.85. The molecule has 3 heterocycles. The standard InChI is InChI=1S/C20H25Cl3N6O/c21-20(22,23)18-24-17(15-3-5-16(6-4-15)28-7-1-2-8-28)25-19(26-18)29-11-9-27(10-12-29)13-14-30/h3-6,30H,1-2,7-14H2. The van der Waals surface area contributed by atoms with Crippen LogP contribution in [0.1, 0.15) is 18.7 Å². The molecule has 0 aliphatic carbocycles. The van der Waals surface area contributed by atoms with E-state index in [1.165, 1.54) is 18.5 Å². The van der Waals surface area contributed by atoms with E-state index < -0.39 is 3.79 Å². The second-order valence-electron chi connectivity index (χ2n) is 7.57. The minimum absolute atomic E-state index is 0.119. The minimum Gasteiger partial charge on any atom is -0.395 e. The van der Waals surface area contributed by atoms with Crippen LogP contribution >= 0.6 is 34.8 Å². The van der Waals surface area contributed by atoms with Gasteiger partial charge in [-0.25, -0.2) is 4.98 Å². The van der Waals surface area contributed by atoms with Gasteiger partial charge in [0.15, 0.2) is 11.6 Å². The van der Waals surface area contributed by atoms with Crippen LogP contribution in [-0.4, -0.2) is 77.4 Å². The highest BCUT2D eigenvalue weighted by molar-refractivity contribution is 6.66. The number of benzene rings is 1. The molecule has 7 nitrogen and oxygen atoms in total. The van der Waals surface area contributed by atoms with Gasteiger partial charge >= 0.3 is 0 Å². The molecular weight excluding hydrogens is 447 g/mol. The SMILES string of the molecule is OCCN1CCN(c2nc(-c3ccc(N4CCCC4)cc3)nc(C(Cl)(Cl)Cl)n2)CC1. The zero-order valence-electron chi connectivity index (χ0n) is 16.6. The molecule has 2 aliphatic heterocycles. The lowest BCUT2D eigenvalue weighted by molar-refractivity contribution is 0.188. The summed E-state index contributed by atoms with van der Waals surface area (Å²) in [5, 5.41) is 9.14. The number of hydrogen-bond acceptors (Lipinski definition) is 7. The van der Waals surface area contributed by atoms with Crippen molar-refractivity contribution in [1.29, 1.82) is 0 Å². The third-order valence-electron chi connectivity index (χ3n) is 5.55. The Morgan fingerprint density at radius 3 is 2.10 bits per heavy atom. The number of piperazine rings is 1. The molecule has 0 saturated carbocycles. The molecule has 2 fully saturated rings. The van der Waals surface area contributed by atoms with Gasteiger partial charge in [-0.15, -0.1) is 0 Å². The van der Waals surface area contributed by atoms with Gasteiger partial charge in [0.2, 0.25) is 9.74 Å². The average molecular weight is 472 g/mol. The normalized spacial score (nSPS) is 18.3. The van der Waals surface area contributed by atoms with Crippen LogP contribution in [0.5, 0.6) is 0 Å². The molecule has 0 amide bonds. The van der Waals surface area contributed by atoms with E-state index in [1.807, 2.05) is 12.1 Å². The quantitative estimate of drug-likeness (QED) is 0.672. The Kier molecular flexibility index (Phi) is 6.85. The summed E-state index contributed by atoms with van der Waals surface area (Å²) in [6.45, 7) is 6.10. The summed E-state index contributed by atoms with van der Waals surface area (Å²) in [5.74, 6) is 1.12.